The smallest absolute Gasteiger partial charge is 0.257 e. The Morgan fingerprint density at radius 2 is 1.71 bits per heavy atom. The number of nitrogens with one attached hydrogen (secondary N) is 1. The standard InChI is InChI=1S/C24H26ClN3O6/c1-14-18(9-10-29)24(31)28(23(26-14)15-5-7-16(25)8-6-15)13-21(30)27-17-11-19(32-2)22(34-4)20(12-17)33-3/h5-8,11-12,29H,9-10,13H2,1-4H3,(H,27,30). The van der Waals surface area contributed by atoms with Crippen molar-refractivity contribution < 1.29 is 24.1 Å². The van der Waals surface area contributed by atoms with E-state index in [2.05, 4.69) is 10.3 Å². The van der Waals surface area contributed by atoms with Gasteiger partial charge in [-0.3, -0.25) is 14.2 Å². The van der Waals surface area contributed by atoms with E-state index in [0.717, 1.165) is 0 Å². The number of halogens is 1. The van der Waals surface area contributed by atoms with Gasteiger partial charge >= 0.3 is 0 Å². The van der Waals surface area contributed by atoms with Gasteiger partial charge in [0.05, 0.1) is 21.3 Å². The highest BCUT2D eigenvalue weighted by molar-refractivity contribution is 6.30. The van der Waals surface area contributed by atoms with Crippen molar-refractivity contribution in [2.24, 2.45) is 0 Å². The summed E-state index contributed by atoms with van der Waals surface area (Å²) in [5.41, 5.74) is 1.47. The molecule has 0 aliphatic rings. The molecule has 0 bridgehead atoms. The maximum Gasteiger partial charge on any atom is 0.257 e. The van der Waals surface area contributed by atoms with Gasteiger partial charge in [0.15, 0.2) is 11.5 Å². The second-order valence-corrected chi connectivity index (χ2v) is 7.77. The van der Waals surface area contributed by atoms with Crippen LogP contribution in [0.1, 0.15) is 11.3 Å². The number of hydrogen-bond acceptors (Lipinski definition) is 7. The fraction of sp³-hybridized carbons (Fsp3) is 0.292. The fourth-order valence-electron chi connectivity index (χ4n) is 3.56. The molecule has 0 saturated carbocycles. The second-order valence-electron chi connectivity index (χ2n) is 7.33. The molecule has 0 radical (unpaired) electrons. The zero-order valence-corrected chi connectivity index (χ0v) is 20.1. The first-order chi connectivity index (χ1) is 16.3. The van der Waals surface area contributed by atoms with Crippen molar-refractivity contribution in [2.45, 2.75) is 19.9 Å². The molecule has 1 heterocycles. The van der Waals surface area contributed by atoms with Crippen molar-refractivity contribution in [1.29, 1.82) is 0 Å². The number of nitrogens with zero attached hydrogens (tertiary/aromatic N) is 2. The van der Waals surface area contributed by atoms with Crippen molar-refractivity contribution in [3.63, 3.8) is 0 Å². The largest absolute Gasteiger partial charge is 0.493 e. The number of anilines is 1. The highest BCUT2D eigenvalue weighted by Crippen LogP contribution is 2.39. The molecular weight excluding hydrogens is 462 g/mol. The van der Waals surface area contributed by atoms with Crippen molar-refractivity contribution in [3.05, 3.63) is 63.0 Å². The summed E-state index contributed by atoms with van der Waals surface area (Å²) >= 11 is 6.00. The van der Waals surface area contributed by atoms with Crippen molar-refractivity contribution in [3.8, 4) is 28.6 Å². The summed E-state index contributed by atoms with van der Waals surface area (Å²) < 4.78 is 17.2. The number of aliphatic hydroxyl groups excluding tert-OH is 1. The molecule has 10 heteroatoms. The number of methoxy groups -OCH3 is 3. The first-order valence-electron chi connectivity index (χ1n) is 10.4. The SMILES string of the molecule is COc1cc(NC(=O)Cn2c(-c3ccc(Cl)cc3)nc(C)c(CCO)c2=O)cc(OC)c1OC. The average molecular weight is 488 g/mol. The predicted octanol–water partition coefficient (Wildman–Crippen LogP) is 3.07. The summed E-state index contributed by atoms with van der Waals surface area (Å²) in [5.74, 6) is 0.991. The summed E-state index contributed by atoms with van der Waals surface area (Å²) in [6, 6.07) is 9.99. The maximum absolute atomic E-state index is 13.3. The summed E-state index contributed by atoms with van der Waals surface area (Å²) in [6.45, 7) is 1.18. The molecule has 0 unspecified atom stereocenters. The molecular formula is C24H26ClN3O6. The Bertz CT molecular complexity index is 1220. The summed E-state index contributed by atoms with van der Waals surface area (Å²) in [7, 11) is 4.43. The van der Waals surface area contributed by atoms with E-state index in [4.69, 9.17) is 25.8 Å². The van der Waals surface area contributed by atoms with E-state index in [9.17, 15) is 14.7 Å². The van der Waals surface area contributed by atoms with Crippen molar-refractivity contribution in [2.75, 3.05) is 33.3 Å². The Kier molecular flexibility index (Phi) is 8.14. The minimum Gasteiger partial charge on any atom is -0.493 e. The zero-order chi connectivity index (χ0) is 24.8. The van der Waals surface area contributed by atoms with E-state index < -0.39 is 11.5 Å². The van der Waals surface area contributed by atoms with E-state index >= 15 is 0 Å². The van der Waals surface area contributed by atoms with Crippen molar-refractivity contribution >= 4 is 23.2 Å². The number of aryl methyl sites for hydroxylation is 1. The lowest BCUT2D eigenvalue weighted by atomic mass is 10.1. The first kappa shape index (κ1) is 25.1. The van der Waals surface area contributed by atoms with E-state index in [1.807, 2.05) is 0 Å². The normalized spacial score (nSPS) is 10.6. The van der Waals surface area contributed by atoms with Gasteiger partial charge in [0, 0.05) is 52.7 Å². The highest BCUT2D eigenvalue weighted by Gasteiger charge is 2.19. The van der Waals surface area contributed by atoms with Crippen LogP contribution in [0.3, 0.4) is 0 Å². The van der Waals surface area contributed by atoms with Crippen LogP contribution >= 0.6 is 11.6 Å². The third kappa shape index (κ3) is 5.32. The van der Waals surface area contributed by atoms with Crippen molar-refractivity contribution in [1.82, 2.24) is 9.55 Å². The minimum atomic E-state index is -0.466. The minimum absolute atomic E-state index is 0.132. The van der Waals surface area contributed by atoms with Gasteiger partial charge in [0.2, 0.25) is 11.7 Å². The molecule has 9 nitrogen and oxygen atoms in total. The Labute approximate surface area is 201 Å². The molecule has 0 aliphatic carbocycles. The molecule has 0 aliphatic heterocycles. The third-order valence-electron chi connectivity index (χ3n) is 5.18. The lowest BCUT2D eigenvalue weighted by Gasteiger charge is -2.17. The molecule has 1 amide bonds. The number of ether oxygens (including phenoxy) is 3. The number of aromatic nitrogens is 2. The van der Waals surface area contributed by atoms with Gasteiger partial charge in [0.25, 0.3) is 5.56 Å². The van der Waals surface area contributed by atoms with E-state index in [1.165, 1.54) is 25.9 Å². The van der Waals surface area contributed by atoms with Gasteiger partial charge in [-0.1, -0.05) is 11.6 Å². The molecule has 3 rings (SSSR count). The summed E-state index contributed by atoms with van der Waals surface area (Å²) in [5, 5.41) is 12.7. The van der Waals surface area contributed by atoms with Crippen LogP contribution in [0.5, 0.6) is 17.2 Å². The van der Waals surface area contributed by atoms with Crippen LogP contribution in [-0.4, -0.2) is 48.5 Å². The molecule has 0 fully saturated rings. The van der Waals surface area contributed by atoms with Gasteiger partial charge in [-0.25, -0.2) is 4.98 Å². The first-order valence-corrected chi connectivity index (χ1v) is 10.8. The van der Waals surface area contributed by atoms with Crippen LogP contribution in [-0.2, 0) is 17.8 Å². The number of hydrogen-bond donors (Lipinski definition) is 2. The van der Waals surface area contributed by atoms with Gasteiger partial charge in [-0.05, 0) is 31.2 Å². The summed E-state index contributed by atoms with van der Waals surface area (Å²) in [6.07, 6.45) is 0.132. The maximum atomic E-state index is 13.3. The molecule has 0 saturated heterocycles. The molecule has 3 aromatic rings. The Hall–Kier alpha value is -3.56. The number of carbonyl (C=O) groups is 1. The third-order valence-corrected chi connectivity index (χ3v) is 5.44. The molecule has 0 atom stereocenters. The Morgan fingerprint density at radius 1 is 1.09 bits per heavy atom. The van der Waals surface area contributed by atoms with E-state index in [-0.39, 0.29) is 19.6 Å². The fourth-order valence-corrected chi connectivity index (χ4v) is 3.69. The molecule has 2 aromatic carbocycles. The second kappa shape index (κ2) is 11.0. The Balaban J connectivity index is 2.01. The number of rotatable bonds is 9. The monoisotopic (exact) mass is 487 g/mol. The van der Waals surface area contributed by atoms with Gasteiger partial charge < -0.3 is 24.6 Å². The molecule has 180 valence electrons. The Morgan fingerprint density at radius 3 is 2.24 bits per heavy atom. The van der Waals surface area contributed by atoms with Gasteiger partial charge in [-0.15, -0.1) is 0 Å². The number of aliphatic hydroxyl groups is 1. The van der Waals surface area contributed by atoms with Crippen LogP contribution < -0.4 is 25.1 Å². The number of amides is 1. The van der Waals surface area contributed by atoms with Crippen LogP contribution in [0.15, 0.2) is 41.2 Å². The topological polar surface area (TPSA) is 112 Å². The van der Waals surface area contributed by atoms with Gasteiger partial charge in [-0.2, -0.15) is 0 Å². The average Bonchev–Trinajstić information content (AvgIpc) is 2.83. The van der Waals surface area contributed by atoms with Crippen LogP contribution in [0, 0.1) is 6.92 Å². The molecule has 34 heavy (non-hydrogen) atoms. The lowest BCUT2D eigenvalue weighted by Crippen LogP contribution is -2.33. The van der Waals surface area contributed by atoms with E-state index in [0.29, 0.717) is 50.6 Å². The van der Waals surface area contributed by atoms with Crippen LogP contribution in [0.2, 0.25) is 5.02 Å². The molecule has 1 aromatic heterocycles. The number of carbonyl (C=O) groups excluding carboxylic acids is 1. The number of benzene rings is 2. The molecule has 0 spiro atoms. The zero-order valence-electron chi connectivity index (χ0n) is 19.3. The van der Waals surface area contributed by atoms with Crippen LogP contribution in [0.25, 0.3) is 11.4 Å². The lowest BCUT2D eigenvalue weighted by molar-refractivity contribution is -0.116. The summed E-state index contributed by atoms with van der Waals surface area (Å²) in [4.78, 5) is 30.8. The quantitative estimate of drug-likeness (QED) is 0.477. The van der Waals surface area contributed by atoms with Crippen LogP contribution in [0.4, 0.5) is 5.69 Å². The van der Waals surface area contributed by atoms with Gasteiger partial charge in [0.1, 0.15) is 12.4 Å². The predicted molar refractivity (Wildman–Crippen MR) is 129 cm³/mol. The highest BCUT2D eigenvalue weighted by atomic mass is 35.5. The molecule has 2 N–H and O–H groups in total. The van der Waals surface area contributed by atoms with E-state index in [1.54, 1.807) is 43.3 Å².